The zero-order valence-corrected chi connectivity index (χ0v) is 8.86. The van der Waals surface area contributed by atoms with Crippen LogP contribution in [0.1, 0.15) is 30.7 Å². The van der Waals surface area contributed by atoms with Crippen molar-refractivity contribution in [2.75, 3.05) is 0 Å². The van der Waals surface area contributed by atoms with Gasteiger partial charge in [0.25, 0.3) is 0 Å². The minimum atomic E-state index is 0.190. The van der Waals surface area contributed by atoms with E-state index in [-0.39, 0.29) is 5.92 Å². The van der Waals surface area contributed by atoms with Gasteiger partial charge in [-0.05, 0) is 17.5 Å². The summed E-state index contributed by atoms with van der Waals surface area (Å²) in [6.45, 7) is 3.85. The zero-order chi connectivity index (χ0) is 10.8. The molecule has 1 atom stereocenters. The first-order valence-corrected chi connectivity index (χ1v) is 5.02. The number of aldehydes is 1. The van der Waals surface area contributed by atoms with Gasteiger partial charge in [0.2, 0.25) is 0 Å². The standard InChI is InChI=1S/C12H13NO2/c1-8(6-7-14)10-4-3-5-11-12(10)13-9(2)15-11/h3-5,7-8H,6H2,1-2H3. The molecule has 3 heteroatoms. The van der Waals surface area contributed by atoms with Crippen LogP contribution in [0.2, 0.25) is 0 Å². The molecule has 0 saturated carbocycles. The molecule has 15 heavy (non-hydrogen) atoms. The largest absolute Gasteiger partial charge is 0.441 e. The summed E-state index contributed by atoms with van der Waals surface area (Å²) in [4.78, 5) is 14.8. The van der Waals surface area contributed by atoms with Crippen molar-refractivity contribution in [1.29, 1.82) is 0 Å². The average Bonchev–Trinajstić information content (AvgIpc) is 2.57. The number of hydrogen-bond acceptors (Lipinski definition) is 3. The van der Waals surface area contributed by atoms with Crippen molar-refractivity contribution in [3.8, 4) is 0 Å². The lowest BCUT2D eigenvalue weighted by atomic mass is 9.97. The molecule has 0 aliphatic rings. The maximum atomic E-state index is 10.5. The van der Waals surface area contributed by atoms with Crippen molar-refractivity contribution in [2.24, 2.45) is 0 Å². The molecule has 1 aromatic heterocycles. The molecule has 3 nitrogen and oxygen atoms in total. The summed E-state index contributed by atoms with van der Waals surface area (Å²) in [6.07, 6.45) is 1.46. The first-order valence-electron chi connectivity index (χ1n) is 5.02. The van der Waals surface area contributed by atoms with Crippen molar-refractivity contribution in [2.45, 2.75) is 26.2 Å². The first kappa shape index (κ1) is 9.90. The monoisotopic (exact) mass is 203 g/mol. The average molecular weight is 203 g/mol. The van der Waals surface area contributed by atoms with E-state index in [1.54, 1.807) is 0 Å². The third-order valence-corrected chi connectivity index (χ3v) is 2.54. The van der Waals surface area contributed by atoms with Crippen LogP contribution in [-0.4, -0.2) is 11.3 Å². The van der Waals surface area contributed by atoms with Crippen LogP contribution in [0.3, 0.4) is 0 Å². The highest BCUT2D eigenvalue weighted by molar-refractivity contribution is 5.77. The molecular weight excluding hydrogens is 190 g/mol. The predicted octanol–water partition coefficient (Wildman–Crippen LogP) is 2.83. The normalized spacial score (nSPS) is 12.9. The molecular formula is C12H13NO2. The third-order valence-electron chi connectivity index (χ3n) is 2.54. The van der Waals surface area contributed by atoms with Gasteiger partial charge in [-0.1, -0.05) is 19.1 Å². The van der Waals surface area contributed by atoms with E-state index in [4.69, 9.17) is 4.42 Å². The minimum Gasteiger partial charge on any atom is -0.441 e. The molecule has 1 heterocycles. The molecule has 1 aromatic carbocycles. The van der Waals surface area contributed by atoms with Gasteiger partial charge in [-0.25, -0.2) is 4.98 Å². The fourth-order valence-corrected chi connectivity index (χ4v) is 1.75. The number of oxazole rings is 1. The number of aromatic nitrogens is 1. The van der Waals surface area contributed by atoms with E-state index >= 15 is 0 Å². The molecule has 0 bridgehead atoms. The molecule has 0 spiro atoms. The Balaban J connectivity index is 2.54. The third kappa shape index (κ3) is 1.77. The highest BCUT2D eigenvalue weighted by Gasteiger charge is 2.12. The molecule has 2 rings (SSSR count). The molecule has 0 N–H and O–H groups in total. The summed E-state index contributed by atoms with van der Waals surface area (Å²) in [6, 6.07) is 5.83. The second kappa shape index (κ2) is 3.85. The number of para-hydroxylation sites is 1. The maximum Gasteiger partial charge on any atom is 0.192 e. The predicted molar refractivity (Wildman–Crippen MR) is 57.8 cm³/mol. The lowest BCUT2D eigenvalue weighted by Crippen LogP contribution is -1.95. The molecule has 0 aliphatic heterocycles. The Bertz CT molecular complexity index is 487. The van der Waals surface area contributed by atoms with Crippen molar-refractivity contribution < 1.29 is 9.21 Å². The Labute approximate surface area is 88.1 Å². The lowest BCUT2D eigenvalue weighted by Gasteiger charge is -2.07. The van der Waals surface area contributed by atoms with Crippen molar-refractivity contribution in [1.82, 2.24) is 4.98 Å². The molecule has 0 amide bonds. The van der Waals surface area contributed by atoms with Gasteiger partial charge in [0.1, 0.15) is 11.8 Å². The SMILES string of the molecule is Cc1nc2c(C(C)CC=O)cccc2o1. The topological polar surface area (TPSA) is 43.1 Å². The van der Waals surface area contributed by atoms with Gasteiger partial charge in [0, 0.05) is 13.3 Å². The maximum absolute atomic E-state index is 10.5. The number of fused-ring (bicyclic) bond motifs is 1. The van der Waals surface area contributed by atoms with Crippen molar-refractivity contribution in [3.63, 3.8) is 0 Å². The molecule has 1 unspecified atom stereocenters. The number of nitrogens with zero attached hydrogens (tertiary/aromatic N) is 1. The number of rotatable bonds is 3. The fraction of sp³-hybridized carbons (Fsp3) is 0.333. The summed E-state index contributed by atoms with van der Waals surface area (Å²) in [5.74, 6) is 0.853. The second-order valence-electron chi connectivity index (χ2n) is 3.73. The van der Waals surface area contributed by atoms with Crippen LogP contribution in [-0.2, 0) is 4.79 Å². The smallest absolute Gasteiger partial charge is 0.192 e. The minimum absolute atomic E-state index is 0.190. The van der Waals surface area contributed by atoms with Crippen LogP contribution in [0.5, 0.6) is 0 Å². The quantitative estimate of drug-likeness (QED) is 0.720. The molecule has 0 fully saturated rings. The van der Waals surface area contributed by atoms with Gasteiger partial charge in [0.05, 0.1) is 0 Å². The Morgan fingerprint density at radius 3 is 3.07 bits per heavy atom. The van der Waals surface area contributed by atoms with Crippen LogP contribution in [0, 0.1) is 6.92 Å². The fourth-order valence-electron chi connectivity index (χ4n) is 1.75. The van der Waals surface area contributed by atoms with Crippen LogP contribution in [0.15, 0.2) is 22.6 Å². The number of carbonyl (C=O) groups is 1. The van der Waals surface area contributed by atoms with Crippen molar-refractivity contribution in [3.05, 3.63) is 29.7 Å². The molecule has 2 aromatic rings. The molecule has 0 aliphatic carbocycles. The van der Waals surface area contributed by atoms with Gasteiger partial charge in [-0.2, -0.15) is 0 Å². The van der Waals surface area contributed by atoms with E-state index in [0.717, 1.165) is 22.9 Å². The summed E-state index contributed by atoms with van der Waals surface area (Å²) in [5.41, 5.74) is 2.75. The number of aryl methyl sites for hydroxylation is 1. The van der Waals surface area contributed by atoms with Crippen LogP contribution in [0.4, 0.5) is 0 Å². The summed E-state index contributed by atoms with van der Waals surface area (Å²) in [5, 5.41) is 0. The summed E-state index contributed by atoms with van der Waals surface area (Å²) < 4.78 is 5.44. The Hall–Kier alpha value is -1.64. The van der Waals surface area contributed by atoms with Gasteiger partial charge in [0.15, 0.2) is 11.5 Å². The van der Waals surface area contributed by atoms with E-state index in [0.29, 0.717) is 12.3 Å². The van der Waals surface area contributed by atoms with E-state index in [1.807, 2.05) is 32.0 Å². The highest BCUT2D eigenvalue weighted by Crippen LogP contribution is 2.26. The van der Waals surface area contributed by atoms with Gasteiger partial charge in [-0.3, -0.25) is 0 Å². The highest BCUT2D eigenvalue weighted by atomic mass is 16.3. The second-order valence-corrected chi connectivity index (χ2v) is 3.73. The summed E-state index contributed by atoms with van der Waals surface area (Å²) >= 11 is 0. The Morgan fingerprint density at radius 1 is 1.53 bits per heavy atom. The lowest BCUT2D eigenvalue weighted by molar-refractivity contribution is -0.108. The van der Waals surface area contributed by atoms with Gasteiger partial charge < -0.3 is 9.21 Å². The number of hydrogen-bond donors (Lipinski definition) is 0. The zero-order valence-electron chi connectivity index (χ0n) is 8.86. The summed E-state index contributed by atoms with van der Waals surface area (Å²) in [7, 11) is 0. The van der Waals surface area contributed by atoms with Crippen LogP contribution < -0.4 is 0 Å². The van der Waals surface area contributed by atoms with E-state index in [1.165, 1.54) is 0 Å². The number of benzene rings is 1. The first-order chi connectivity index (χ1) is 7.22. The van der Waals surface area contributed by atoms with E-state index < -0.39 is 0 Å². The van der Waals surface area contributed by atoms with Crippen molar-refractivity contribution >= 4 is 17.4 Å². The Morgan fingerprint density at radius 2 is 2.33 bits per heavy atom. The Kier molecular flexibility index (Phi) is 2.54. The molecule has 0 radical (unpaired) electrons. The number of carbonyl (C=O) groups excluding carboxylic acids is 1. The van der Waals surface area contributed by atoms with E-state index in [9.17, 15) is 4.79 Å². The van der Waals surface area contributed by atoms with E-state index in [2.05, 4.69) is 4.98 Å². The van der Waals surface area contributed by atoms with Gasteiger partial charge in [-0.15, -0.1) is 0 Å². The molecule has 0 saturated heterocycles. The van der Waals surface area contributed by atoms with Crippen LogP contribution in [0.25, 0.3) is 11.1 Å². The van der Waals surface area contributed by atoms with Crippen LogP contribution >= 0.6 is 0 Å². The molecule has 78 valence electrons. The van der Waals surface area contributed by atoms with Gasteiger partial charge >= 0.3 is 0 Å².